The summed E-state index contributed by atoms with van der Waals surface area (Å²) in [5, 5.41) is 3.86. The Hall–Kier alpha value is -0.640. The van der Waals surface area contributed by atoms with Crippen molar-refractivity contribution in [3.63, 3.8) is 0 Å². The molecule has 18 heavy (non-hydrogen) atoms. The summed E-state index contributed by atoms with van der Waals surface area (Å²) >= 11 is 5.89. The maximum Gasteiger partial charge on any atom is 0.126 e. The molecule has 0 amide bonds. The van der Waals surface area contributed by atoms with E-state index in [2.05, 4.69) is 5.32 Å². The molecule has 4 heteroatoms. The van der Waals surface area contributed by atoms with Crippen LogP contribution in [0.1, 0.15) is 26.3 Å². The Balaban J connectivity index is 2.66. The van der Waals surface area contributed by atoms with Gasteiger partial charge in [-0.3, -0.25) is 0 Å². The van der Waals surface area contributed by atoms with Crippen LogP contribution in [0.3, 0.4) is 0 Å². The lowest BCUT2D eigenvalue weighted by Crippen LogP contribution is -2.36. The Morgan fingerprint density at radius 2 is 2.11 bits per heavy atom. The van der Waals surface area contributed by atoms with Gasteiger partial charge in [0, 0.05) is 11.1 Å². The molecule has 0 fully saturated rings. The van der Waals surface area contributed by atoms with Crippen molar-refractivity contribution in [2.45, 2.75) is 39.3 Å². The molecule has 0 aliphatic rings. The molecule has 1 aromatic rings. The number of hydrogen-bond donors (Lipinski definition) is 1. The average Bonchev–Trinajstić information content (AvgIpc) is 2.31. The van der Waals surface area contributed by atoms with Crippen LogP contribution >= 0.6 is 11.6 Å². The number of halogens is 2. The summed E-state index contributed by atoms with van der Waals surface area (Å²) in [5.74, 6) is -0.216. The maximum atomic E-state index is 13.6. The molecule has 0 radical (unpaired) electrons. The largest absolute Gasteiger partial charge is 0.377 e. The quantitative estimate of drug-likeness (QED) is 0.822. The molecule has 1 unspecified atom stereocenters. The second kappa shape index (κ2) is 7.72. The average molecular weight is 274 g/mol. The third-order valence-electron chi connectivity index (χ3n) is 2.60. The van der Waals surface area contributed by atoms with Crippen LogP contribution in [0.25, 0.3) is 0 Å². The van der Waals surface area contributed by atoms with E-state index >= 15 is 0 Å². The van der Waals surface area contributed by atoms with Crippen LogP contribution in [0, 0.1) is 5.82 Å². The van der Waals surface area contributed by atoms with Crippen molar-refractivity contribution in [2.24, 2.45) is 0 Å². The van der Waals surface area contributed by atoms with E-state index in [4.69, 9.17) is 16.3 Å². The van der Waals surface area contributed by atoms with E-state index in [1.165, 1.54) is 6.07 Å². The van der Waals surface area contributed by atoms with Gasteiger partial charge < -0.3 is 10.1 Å². The van der Waals surface area contributed by atoms with E-state index in [0.29, 0.717) is 23.6 Å². The van der Waals surface area contributed by atoms with Gasteiger partial charge in [0.2, 0.25) is 0 Å². The van der Waals surface area contributed by atoms with Crippen LogP contribution in [0.5, 0.6) is 0 Å². The lowest BCUT2D eigenvalue weighted by atomic mass is 10.1. The molecule has 1 rings (SSSR count). The summed E-state index contributed by atoms with van der Waals surface area (Å²) in [6, 6.07) is 4.75. The van der Waals surface area contributed by atoms with E-state index in [0.717, 1.165) is 6.54 Å². The summed E-state index contributed by atoms with van der Waals surface area (Å²) < 4.78 is 19.2. The standard InChI is InChI=1S/C14H21ClFNO/c1-4-17-13(9-18-10(2)3)8-11-7-12(15)5-6-14(11)16/h5-7,10,13,17H,4,8-9H2,1-3H3. The second-order valence-electron chi connectivity index (χ2n) is 4.58. The van der Waals surface area contributed by atoms with Crippen LogP contribution in [0.4, 0.5) is 4.39 Å². The fraction of sp³-hybridized carbons (Fsp3) is 0.571. The first-order valence-corrected chi connectivity index (χ1v) is 6.69. The Labute approximate surface area is 113 Å². The van der Waals surface area contributed by atoms with Crippen molar-refractivity contribution in [3.05, 3.63) is 34.6 Å². The van der Waals surface area contributed by atoms with Gasteiger partial charge in [-0.05, 0) is 50.6 Å². The first-order valence-electron chi connectivity index (χ1n) is 6.31. The molecule has 2 nitrogen and oxygen atoms in total. The van der Waals surface area contributed by atoms with Gasteiger partial charge in [0.15, 0.2) is 0 Å². The van der Waals surface area contributed by atoms with Crippen molar-refractivity contribution in [1.82, 2.24) is 5.32 Å². The number of likely N-dealkylation sites (N-methyl/N-ethyl adjacent to an activating group) is 1. The van der Waals surface area contributed by atoms with Crippen molar-refractivity contribution in [3.8, 4) is 0 Å². The van der Waals surface area contributed by atoms with Crippen molar-refractivity contribution < 1.29 is 9.13 Å². The number of nitrogens with one attached hydrogen (secondary N) is 1. The molecule has 1 atom stereocenters. The zero-order chi connectivity index (χ0) is 13.5. The highest BCUT2D eigenvalue weighted by atomic mass is 35.5. The topological polar surface area (TPSA) is 21.3 Å². The predicted octanol–water partition coefficient (Wildman–Crippen LogP) is 3.42. The lowest BCUT2D eigenvalue weighted by molar-refractivity contribution is 0.0614. The van der Waals surface area contributed by atoms with Crippen molar-refractivity contribution in [2.75, 3.05) is 13.2 Å². The van der Waals surface area contributed by atoms with Crippen LogP contribution in [-0.4, -0.2) is 25.3 Å². The van der Waals surface area contributed by atoms with Gasteiger partial charge in [0.05, 0.1) is 12.7 Å². The molecule has 1 N–H and O–H groups in total. The highest BCUT2D eigenvalue weighted by Crippen LogP contribution is 2.16. The van der Waals surface area contributed by atoms with E-state index in [-0.39, 0.29) is 18.0 Å². The highest BCUT2D eigenvalue weighted by Gasteiger charge is 2.13. The highest BCUT2D eigenvalue weighted by molar-refractivity contribution is 6.30. The van der Waals surface area contributed by atoms with Gasteiger partial charge >= 0.3 is 0 Å². The summed E-state index contributed by atoms with van der Waals surface area (Å²) in [7, 11) is 0. The van der Waals surface area contributed by atoms with Gasteiger partial charge in [0.25, 0.3) is 0 Å². The Morgan fingerprint density at radius 1 is 1.39 bits per heavy atom. The van der Waals surface area contributed by atoms with Crippen LogP contribution < -0.4 is 5.32 Å². The molecule has 1 aromatic carbocycles. The minimum absolute atomic E-state index is 0.102. The van der Waals surface area contributed by atoms with E-state index in [1.54, 1.807) is 12.1 Å². The molecule has 0 heterocycles. The minimum Gasteiger partial charge on any atom is -0.377 e. The van der Waals surface area contributed by atoms with Crippen LogP contribution in [0.15, 0.2) is 18.2 Å². The van der Waals surface area contributed by atoms with Crippen LogP contribution in [-0.2, 0) is 11.2 Å². The molecule has 102 valence electrons. The van der Waals surface area contributed by atoms with E-state index < -0.39 is 0 Å². The Morgan fingerprint density at radius 3 is 2.72 bits per heavy atom. The number of ether oxygens (including phenoxy) is 1. The summed E-state index contributed by atoms with van der Waals surface area (Å²) in [5.41, 5.74) is 0.626. The van der Waals surface area contributed by atoms with Gasteiger partial charge in [-0.1, -0.05) is 18.5 Å². The zero-order valence-corrected chi connectivity index (χ0v) is 11.9. The fourth-order valence-corrected chi connectivity index (χ4v) is 1.95. The number of hydrogen-bond acceptors (Lipinski definition) is 2. The summed E-state index contributed by atoms with van der Waals surface area (Å²) in [6.07, 6.45) is 0.753. The molecule has 0 aliphatic heterocycles. The first-order chi connectivity index (χ1) is 8.52. The smallest absolute Gasteiger partial charge is 0.126 e. The molecule has 0 saturated carbocycles. The minimum atomic E-state index is -0.216. The van der Waals surface area contributed by atoms with E-state index in [9.17, 15) is 4.39 Å². The Bertz CT molecular complexity index is 371. The molecule has 0 bridgehead atoms. The van der Waals surface area contributed by atoms with E-state index in [1.807, 2.05) is 20.8 Å². The Kier molecular flexibility index (Phi) is 6.61. The normalized spacial score (nSPS) is 13.0. The summed E-state index contributed by atoms with van der Waals surface area (Å²) in [4.78, 5) is 0. The lowest BCUT2D eigenvalue weighted by Gasteiger charge is -2.20. The molecule has 0 aromatic heterocycles. The number of benzene rings is 1. The van der Waals surface area contributed by atoms with Crippen LogP contribution in [0.2, 0.25) is 5.02 Å². The molecular weight excluding hydrogens is 253 g/mol. The number of rotatable bonds is 7. The van der Waals surface area contributed by atoms with Gasteiger partial charge in [-0.25, -0.2) is 4.39 Å². The monoisotopic (exact) mass is 273 g/mol. The third-order valence-corrected chi connectivity index (χ3v) is 2.83. The van der Waals surface area contributed by atoms with Gasteiger partial charge in [-0.15, -0.1) is 0 Å². The van der Waals surface area contributed by atoms with Crippen molar-refractivity contribution in [1.29, 1.82) is 0 Å². The van der Waals surface area contributed by atoms with Crippen molar-refractivity contribution >= 4 is 11.6 Å². The molecule has 0 spiro atoms. The van der Waals surface area contributed by atoms with Gasteiger partial charge in [-0.2, -0.15) is 0 Å². The van der Waals surface area contributed by atoms with Gasteiger partial charge in [0.1, 0.15) is 5.82 Å². The molecule has 0 saturated heterocycles. The first kappa shape index (κ1) is 15.4. The third kappa shape index (κ3) is 5.34. The zero-order valence-electron chi connectivity index (χ0n) is 11.2. The maximum absolute atomic E-state index is 13.6. The molecular formula is C14H21ClFNO. The summed E-state index contributed by atoms with van der Waals surface area (Å²) in [6.45, 7) is 7.40. The SMILES string of the molecule is CCNC(COC(C)C)Cc1cc(Cl)ccc1F. The predicted molar refractivity (Wildman–Crippen MR) is 73.7 cm³/mol. The second-order valence-corrected chi connectivity index (χ2v) is 5.01. The molecule has 0 aliphatic carbocycles. The fourth-order valence-electron chi connectivity index (χ4n) is 1.75.